The molecule has 0 unspecified atom stereocenters. The molecule has 3 rings (SSSR count). The van der Waals surface area contributed by atoms with Crippen LogP contribution in [0.3, 0.4) is 0 Å². The van der Waals surface area contributed by atoms with Crippen LogP contribution in [0.2, 0.25) is 0 Å². The summed E-state index contributed by atoms with van der Waals surface area (Å²) in [4.78, 5) is 9.08. The lowest BCUT2D eigenvalue weighted by Gasteiger charge is -2.21. The Morgan fingerprint density at radius 2 is 1.73 bits per heavy atom. The van der Waals surface area contributed by atoms with E-state index in [1.165, 1.54) is 7.05 Å². The summed E-state index contributed by atoms with van der Waals surface area (Å²) < 4.78 is 2.26. The summed E-state index contributed by atoms with van der Waals surface area (Å²) in [6.45, 7) is 9.61. The fourth-order valence-corrected chi connectivity index (χ4v) is 2.64. The highest BCUT2D eigenvalue weighted by atomic mass is 15.1. The summed E-state index contributed by atoms with van der Waals surface area (Å²) in [6.07, 6.45) is 0. The van der Waals surface area contributed by atoms with E-state index >= 15 is 0 Å². The smallest absolute Gasteiger partial charge is 0.152 e. The number of benzene rings is 1. The van der Waals surface area contributed by atoms with Crippen LogP contribution in [0.5, 0.6) is 0 Å². The van der Waals surface area contributed by atoms with Crippen molar-refractivity contribution in [2.24, 2.45) is 11.1 Å². The number of pyridine rings is 1. The van der Waals surface area contributed by atoms with Crippen molar-refractivity contribution in [3.8, 4) is 0 Å². The van der Waals surface area contributed by atoms with Crippen LogP contribution in [0, 0.1) is 12.3 Å². The van der Waals surface area contributed by atoms with E-state index in [-0.39, 0.29) is 5.41 Å². The van der Waals surface area contributed by atoms with Crippen LogP contribution < -0.4 is 11.5 Å². The molecule has 4 N–H and O–H groups in total. The van der Waals surface area contributed by atoms with E-state index in [1.54, 1.807) is 0 Å². The van der Waals surface area contributed by atoms with Gasteiger partial charge < -0.3 is 16.0 Å². The molecule has 1 aromatic carbocycles. The highest BCUT2D eigenvalue weighted by Crippen LogP contribution is 2.30. The molecule has 5 nitrogen and oxygen atoms in total. The molecule has 0 atom stereocenters. The van der Waals surface area contributed by atoms with E-state index in [2.05, 4.69) is 47.1 Å². The molecule has 0 amide bonds. The maximum absolute atomic E-state index is 6.08. The lowest BCUT2D eigenvalue weighted by molar-refractivity contribution is 0.345. The molecule has 0 spiro atoms. The van der Waals surface area contributed by atoms with Gasteiger partial charge in [-0.1, -0.05) is 39.0 Å². The zero-order valence-electron chi connectivity index (χ0n) is 14.0. The van der Waals surface area contributed by atoms with Crippen molar-refractivity contribution in [1.29, 1.82) is 0 Å². The summed E-state index contributed by atoms with van der Waals surface area (Å²) >= 11 is 0. The fraction of sp³-hybridized carbons (Fsp3) is 0.412. The number of nitrogens with two attached hydrogens (primary N) is 2. The number of nitrogen functional groups attached to an aromatic ring is 1. The third kappa shape index (κ3) is 2.90. The molecule has 0 saturated heterocycles. The monoisotopic (exact) mass is 299 g/mol. The lowest BCUT2D eigenvalue weighted by Crippen LogP contribution is -2.16. The van der Waals surface area contributed by atoms with Crippen molar-refractivity contribution in [2.45, 2.75) is 34.2 Å². The van der Waals surface area contributed by atoms with Crippen LogP contribution in [-0.2, 0) is 6.54 Å². The maximum atomic E-state index is 6.08. The van der Waals surface area contributed by atoms with Gasteiger partial charge in [0.25, 0.3) is 0 Å². The predicted octanol–water partition coefficient (Wildman–Crippen LogP) is 3.10. The number of nitrogens with zero attached hydrogens (tertiary/aromatic N) is 3. The first-order valence-electron chi connectivity index (χ1n) is 7.45. The molecule has 5 heteroatoms. The van der Waals surface area contributed by atoms with Crippen LogP contribution in [0.4, 0.5) is 5.82 Å². The molecule has 0 saturated carbocycles. The molecule has 2 aromatic heterocycles. The van der Waals surface area contributed by atoms with Gasteiger partial charge in [0.15, 0.2) is 5.82 Å². The van der Waals surface area contributed by atoms with Gasteiger partial charge in [-0.25, -0.2) is 9.97 Å². The summed E-state index contributed by atoms with van der Waals surface area (Å²) in [5.74, 6) is 1.49. The number of rotatable bonds is 1. The van der Waals surface area contributed by atoms with Gasteiger partial charge >= 0.3 is 0 Å². The minimum absolute atomic E-state index is 0.178. The molecule has 118 valence electrons. The lowest BCUT2D eigenvalue weighted by atomic mass is 9.96. The summed E-state index contributed by atoms with van der Waals surface area (Å²) in [5, 5.41) is 1.11. The molecule has 3 aromatic rings. The van der Waals surface area contributed by atoms with E-state index in [9.17, 15) is 0 Å². The first-order chi connectivity index (χ1) is 10.4. The molecule has 0 aliphatic carbocycles. The quantitative estimate of drug-likeness (QED) is 0.723. The highest BCUT2D eigenvalue weighted by Gasteiger charge is 2.19. The molecule has 22 heavy (non-hydrogen) atoms. The Balaban J connectivity index is 0.000000847. The van der Waals surface area contributed by atoms with Gasteiger partial charge in [-0.05, 0) is 25.5 Å². The summed E-state index contributed by atoms with van der Waals surface area (Å²) in [6, 6.07) is 8.10. The number of anilines is 1. The third-order valence-corrected chi connectivity index (χ3v) is 3.43. The van der Waals surface area contributed by atoms with Gasteiger partial charge in [0.05, 0.1) is 11.0 Å². The Bertz CT molecular complexity index is 796. The van der Waals surface area contributed by atoms with E-state index < -0.39 is 0 Å². The molecular weight excluding hydrogens is 274 g/mol. The number of para-hydroxylation sites is 1. The first kappa shape index (κ1) is 16.2. The van der Waals surface area contributed by atoms with Gasteiger partial charge in [0, 0.05) is 11.9 Å². The Morgan fingerprint density at radius 1 is 1.09 bits per heavy atom. The minimum Gasteiger partial charge on any atom is -0.382 e. The minimum atomic E-state index is 0.178. The topological polar surface area (TPSA) is 82.8 Å². The molecular formula is C17H25N5. The van der Waals surface area contributed by atoms with Crippen LogP contribution >= 0.6 is 0 Å². The average molecular weight is 299 g/mol. The number of aromatic nitrogens is 3. The van der Waals surface area contributed by atoms with Crippen LogP contribution in [0.15, 0.2) is 24.3 Å². The zero-order chi connectivity index (χ0) is 16.5. The van der Waals surface area contributed by atoms with Crippen molar-refractivity contribution < 1.29 is 0 Å². The van der Waals surface area contributed by atoms with E-state index in [1.807, 2.05) is 25.1 Å². The number of hydrogen-bond donors (Lipinski definition) is 2. The number of imidazole rings is 1. The van der Waals surface area contributed by atoms with Gasteiger partial charge in [-0.15, -0.1) is 0 Å². The number of hydrogen-bond acceptors (Lipinski definition) is 4. The summed E-state index contributed by atoms with van der Waals surface area (Å²) in [5.41, 5.74) is 13.6. The molecule has 0 bridgehead atoms. The van der Waals surface area contributed by atoms with Gasteiger partial charge in [-0.2, -0.15) is 0 Å². The maximum Gasteiger partial charge on any atom is 0.152 e. The predicted molar refractivity (Wildman–Crippen MR) is 93.7 cm³/mol. The van der Waals surface area contributed by atoms with Gasteiger partial charge in [0.1, 0.15) is 11.3 Å². The largest absolute Gasteiger partial charge is 0.382 e. The molecule has 0 radical (unpaired) electrons. The Kier molecular flexibility index (Phi) is 4.37. The Labute approximate surface area is 131 Å². The van der Waals surface area contributed by atoms with E-state index in [0.717, 1.165) is 34.3 Å². The second kappa shape index (κ2) is 5.93. The van der Waals surface area contributed by atoms with E-state index in [0.29, 0.717) is 5.82 Å². The third-order valence-electron chi connectivity index (χ3n) is 3.43. The van der Waals surface area contributed by atoms with Crippen molar-refractivity contribution in [2.75, 3.05) is 12.8 Å². The molecule has 2 heterocycles. The summed E-state index contributed by atoms with van der Waals surface area (Å²) in [7, 11) is 1.50. The Morgan fingerprint density at radius 3 is 2.36 bits per heavy atom. The van der Waals surface area contributed by atoms with Crippen LogP contribution in [-0.4, -0.2) is 21.6 Å². The van der Waals surface area contributed by atoms with Crippen molar-refractivity contribution in [1.82, 2.24) is 14.5 Å². The second-order valence-corrected chi connectivity index (χ2v) is 6.52. The normalized spacial score (nSPS) is 11.5. The molecule has 0 aliphatic heterocycles. The standard InChI is InChI=1S/C16H20N4.CH5N/c1-10-18-13-14(20(10)9-16(2,3)4)11-7-5-6-8-12(11)19-15(13)17;1-2/h5-8H,9H2,1-4H3,(H2,17,19);2H2,1H3. The van der Waals surface area contributed by atoms with Crippen LogP contribution in [0.1, 0.15) is 26.6 Å². The number of fused-ring (bicyclic) bond motifs is 3. The first-order valence-corrected chi connectivity index (χ1v) is 7.45. The second-order valence-electron chi connectivity index (χ2n) is 6.52. The van der Waals surface area contributed by atoms with Crippen molar-refractivity contribution in [3.05, 3.63) is 30.1 Å². The SMILES string of the molecule is CN.Cc1nc2c(N)nc3ccccc3c2n1CC(C)(C)C. The molecule has 0 fully saturated rings. The molecule has 0 aliphatic rings. The van der Waals surface area contributed by atoms with Crippen LogP contribution in [0.25, 0.3) is 21.9 Å². The number of aryl methyl sites for hydroxylation is 1. The van der Waals surface area contributed by atoms with Crippen molar-refractivity contribution >= 4 is 27.8 Å². The van der Waals surface area contributed by atoms with Gasteiger partial charge in [0.2, 0.25) is 0 Å². The zero-order valence-corrected chi connectivity index (χ0v) is 14.0. The average Bonchev–Trinajstić information content (AvgIpc) is 2.78. The van der Waals surface area contributed by atoms with Gasteiger partial charge in [-0.3, -0.25) is 0 Å². The highest BCUT2D eigenvalue weighted by molar-refractivity contribution is 6.06. The van der Waals surface area contributed by atoms with Crippen molar-refractivity contribution in [3.63, 3.8) is 0 Å². The Hall–Kier alpha value is -2.14. The van der Waals surface area contributed by atoms with E-state index in [4.69, 9.17) is 5.73 Å². The fourth-order valence-electron chi connectivity index (χ4n) is 2.64.